The Morgan fingerprint density at radius 3 is 2.86 bits per heavy atom. The highest BCUT2D eigenvalue weighted by Crippen LogP contribution is 2.22. The van der Waals surface area contributed by atoms with Crippen molar-refractivity contribution >= 4 is 17.7 Å². The average Bonchev–Trinajstić information content (AvgIpc) is 3.05. The number of likely N-dealkylation sites (tertiary alicyclic amines) is 1. The summed E-state index contributed by atoms with van der Waals surface area (Å²) in [6.07, 6.45) is 5.67. The van der Waals surface area contributed by atoms with Crippen molar-refractivity contribution in [1.82, 2.24) is 20.1 Å². The summed E-state index contributed by atoms with van der Waals surface area (Å²) in [6, 6.07) is 5.53. The average molecular weight is 318 g/mol. The van der Waals surface area contributed by atoms with Gasteiger partial charge in [0.1, 0.15) is 5.69 Å². The zero-order valence-electron chi connectivity index (χ0n) is 12.3. The van der Waals surface area contributed by atoms with Crippen LogP contribution in [-0.2, 0) is 4.79 Å². The highest BCUT2D eigenvalue weighted by molar-refractivity contribution is 7.99. The second kappa shape index (κ2) is 7.40. The minimum Gasteiger partial charge on any atom is -0.410 e. The molecule has 1 fully saturated rings. The van der Waals surface area contributed by atoms with Gasteiger partial charge in [0.05, 0.1) is 0 Å². The summed E-state index contributed by atoms with van der Waals surface area (Å²) in [5, 5.41) is 8.44. The Morgan fingerprint density at radius 2 is 2.09 bits per heavy atom. The van der Waals surface area contributed by atoms with Gasteiger partial charge in [-0.05, 0) is 31.4 Å². The van der Waals surface area contributed by atoms with Crippen molar-refractivity contribution in [2.24, 2.45) is 0 Å². The molecule has 6 nitrogen and oxygen atoms in total. The lowest BCUT2D eigenvalue weighted by Crippen LogP contribution is -2.35. The van der Waals surface area contributed by atoms with E-state index in [0.29, 0.717) is 29.0 Å². The largest absolute Gasteiger partial charge is 0.410 e. The van der Waals surface area contributed by atoms with E-state index in [4.69, 9.17) is 4.42 Å². The summed E-state index contributed by atoms with van der Waals surface area (Å²) in [5.41, 5.74) is 0.659. The Balaban J connectivity index is 1.48. The maximum atomic E-state index is 12.1. The predicted molar refractivity (Wildman–Crippen MR) is 83.3 cm³/mol. The summed E-state index contributed by atoms with van der Waals surface area (Å²) in [5.74, 6) is 1.28. The van der Waals surface area contributed by atoms with E-state index in [2.05, 4.69) is 15.2 Å². The highest BCUT2D eigenvalue weighted by Gasteiger charge is 2.16. The molecule has 2 aromatic rings. The first-order valence-corrected chi connectivity index (χ1v) is 8.47. The van der Waals surface area contributed by atoms with E-state index in [9.17, 15) is 4.79 Å². The third-order valence-corrected chi connectivity index (χ3v) is 4.36. The normalized spacial score (nSPS) is 15.0. The molecular weight excluding hydrogens is 300 g/mol. The molecule has 22 heavy (non-hydrogen) atoms. The van der Waals surface area contributed by atoms with E-state index in [1.165, 1.54) is 18.2 Å². The van der Waals surface area contributed by atoms with Crippen molar-refractivity contribution in [2.45, 2.75) is 30.9 Å². The molecule has 0 atom stereocenters. The molecule has 1 aliphatic rings. The van der Waals surface area contributed by atoms with E-state index < -0.39 is 0 Å². The van der Waals surface area contributed by atoms with Gasteiger partial charge >= 0.3 is 0 Å². The predicted octanol–water partition coefficient (Wildman–Crippen LogP) is 2.63. The number of rotatable bonds is 5. The van der Waals surface area contributed by atoms with E-state index in [-0.39, 0.29) is 5.91 Å². The molecule has 7 heteroatoms. The van der Waals surface area contributed by atoms with Crippen LogP contribution in [0.4, 0.5) is 0 Å². The summed E-state index contributed by atoms with van der Waals surface area (Å²) in [7, 11) is 0. The number of nitrogens with zero attached hydrogens (tertiary/aromatic N) is 4. The molecule has 0 aliphatic carbocycles. The Kier molecular flexibility index (Phi) is 5.05. The van der Waals surface area contributed by atoms with Crippen LogP contribution in [0.15, 0.2) is 34.0 Å². The fourth-order valence-electron chi connectivity index (χ4n) is 2.39. The van der Waals surface area contributed by atoms with Crippen molar-refractivity contribution in [1.29, 1.82) is 0 Å². The third kappa shape index (κ3) is 3.85. The lowest BCUT2D eigenvalue weighted by molar-refractivity contribution is -0.131. The first-order chi connectivity index (χ1) is 10.8. The highest BCUT2D eigenvalue weighted by atomic mass is 32.2. The van der Waals surface area contributed by atoms with Gasteiger partial charge in [-0.3, -0.25) is 9.78 Å². The molecule has 0 N–H and O–H groups in total. The maximum Gasteiger partial charge on any atom is 0.276 e. The van der Waals surface area contributed by atoms with Crippen LogP contribution in [0.5, 0.6) is 0 Å². The Labute approximate surface area is 133 Å². The van der Waals surface area contributed by atoms with Crippen LogP contribution in [0.3, 0.4) is 0 Å². The molecule has 0 bridgehead atoms. The lowest BCUT2D eigenvalue weighted by atomic mass is 10.1. The van der Waals surface area contributed by atoms with Gasteiger partial charge in [-0.15, -0.1) is 10.2 Å². The maximum absolute atomic E-state index is 12.1. The van der Waals surface area contributed by atoms with E-state index in [1.54, 1.807) is 6.20 Å². The lowest BCUT2D eigenvalue weighted by Gasteiger charge is -2.26. The number of amides is 1. The molecule has 3 rings (SSSR count). The van der Waals surface area contributed by atoms with Crippen LogP contribution in [0.1, 0.15) is 25.7 Å². The number of thioether (sulfide) groups is 1. The number of hydrogen-bond donors (Lipinski definition) is 0. The number of pyridine rings is 1. The SMILES string of the molecule is O=C(CCSc1nnc(-c2ccccn2)o1)N1CCCCC1. The molecule has 3 heterocycles. The molecule has 1 saturated heterocycles. The molecule has 116 valence electrons. The van der Waals surface area contributed by atoms with Crippen LogP contribution in [0.2, 0.25) is 0 Å². The molecule has 0 radical (unpaired) electrons. The summed E-state index contributed by atoms with van der Waals surface area (Å²) >= 11 is 1.41. The summed E-state index contributed by atoms with van der Waals surface area (Å²) in [4.78, 5) is 18.2. The van der Waals surface area contributed by atoms with Crippen LogP contribution in [0.25, 0.3) is 11.6 Å². The van der Waals surface area contributed by atoms with Gasteiger partial charge in [-0.1, -0.05) is 17.8 Å². The van der Waals surface area contributed by atoms with Crippen molar-refractivity contribution in [3.63, 3.8) is 0 Å². The van der Waals surface area contributed by atoms with Crippen LogP contribution in [0, 0.1) is 0 Å². The topological polar surface area (TPSA) is 72.1 Å². The second-order valence-corrected chi connectivity index (χ2v) is 6.17. The molecule has 2 aromatic heterocycles. The Hall–Kier alpha value is -1.89. The van der Waals surface area contributed by atoms with Crippen LogP contribution >= 0.6 is 11.8 Å². The van der Waals surface area contributed by atoms with Gasteiger partial charge < -0.3 is 9.32 Å². The zero-order valence-corrected chi connectivity index (χ0v) is 13.1. The molecular formula is C15H18N4O2S. The standard InChI is InChI=1S/C15H18N4O2S/c20-13(19-9-4-1-5-10-19)7-11-22-15-18-17-14(21-15)12-6-2-3-8-16-12/h2-3,6,8H,1,4-5,7,9-11H2. The van der Waals surface area contributed by atoms with Gasteiger partial charge in [0.25, 0.3) is 11.1 Å². The van der Waals surface area contributed by atoms with Crippen molar-refractivity contribution in [2.75, 3.05) is 18.8 Å². The minimum atomic E-state index is 0.219. The molecule has 0 unspecified atom stereocenters. The van der Waals surface area contributed by atoms with Crippen LogP contribution in [-0.4, -0.2) is 44.8 Å². The number of hydrogen-bond acceptors (Lipinski definition) is 6. The zero-order chi connectivity index (χ0) is 15.2. The Bertz CT molecular complexity index is 611. The van der Waals surface area contributed by atoms with E-state index in [1.807, 2.05) is 23.1 Å². The fourth-order valence-corrected chi connectivity index (χ4v) is 3.08. The van der Waals surface area contributed by atoms with Crippen molar-refractivity contribution in [3.8, 4) is 11.6 Å². The number of carbonyl (C=O) groups is 1. The van der Waals surface area contributed by atoms with Crippen molar-refractivity contribution < 1.29 is 9.21 Å². The summed E-state index contributed by atoms with van der Waals surface area (Å²) in [6.45, 7) is 1.79. The molecule has 1 aliphatic heterocycles. The Morgan fingerprint density at radius 1 is 1.23 bits per heavy atom. The molecule has 0 spiro atoms. The quantitative estimate of drug-likeness (QED) is 0.789. The number of aromatic nitrogens is 3. The first-order valence-electron chi connectivity index (χ1n) is 7.48. The minimum absolute atomic E-state index is 0.219. The van der Waals surface area contributed by atoms with Gasteiger partial charge in [0, 0.05) is 31.5 Å². The third-order valence-electron chi connectivity index (χ3n) is 3.54. The summed E-state index contributed by atoms with van der Waals surface area (Å²) < 4.78 is 5.55. The van der Waals surface area contributed by atoms with Gasteiger partial charge in [0.15, 0.2) is 0 Å². The van der Waals surface area contributed by atoms with Crippen molar-refractivity contribution in [3.05, 3.63) is 24.4 Å². The van der Waals surface area contributed by atoms with Crippen LogP contribution < -0.4 is 0 Å². The molecule has 1 amide bonds. The van der Waals surface area contributed by atoms with E-state index in [0.717, 1.165) is 25.9 Å². The van der Waals surface area contributed by atoms with E-state index >= 15 is 0 Å². The molecule has 0 aromatic carbocycles. The van der Waals surface area contributed by atoms with Gasteiger partial charge in [-0.2, -0.15) is 0 Å². The smallest absolute Gasteiger partial charge is 0.276 e. The first kappa shape index (κ1) is 15.0. The number of piperidine rings is 1. The molecule has 0 saturated carbocycles. The monoisotopic (exact) mass is 318 g/mol. The van der Waals surface area contributed by atoms with Gasteiger partial charge in [0.2, 0.25) is 5.91 Å². The second-order valence-electron chi connectivity index (χ2n) is 5.13. The number of carbonyl (C=O) groups excluding carboxylic acids is 1. The van der Waals surface area contributed by atoms with Gasteiger partial charge in [-0.25, -0.2) is 0 Å². The fraction of sp³-hybridized carbons (Fsp3) is 0.467.